The van der Waals surface area contributed by atoms with Gasteiger partial charge in [-0.1, -0.05) is 20.8 Å². The minimum absolute atomic E-state index is 0.170. The molecule has 7 nitrogen and oxygen atoms in total. The number of rotatable bonds is 5. The maximum Gasteiger partial charge on any atom is 0.326 e. The summed E-state index contributed by atoms with van der Waals surface area (Å²) in [6.45, 7) is 5.68. The minimum atomic E-state index is -1.03. The molecule has 0 aliphatic rings. The van der Waals surface area contributed by atoms with Gasteiger partial charge in [0.05, 0.1) is 6.54 Å². The van der Waals surface area contributed by atoms with Crippen molar-refractivity contribution in [3.8, 4) is 0 Å². The van der Waals surface area contributed by atoms with E-state index in [9.17, 15) is 9.59 Å². The van der Waals surface area contributed by atoms with Crippen molar-refractivity contribution < 1.29 is 14.7 Å². The molecular weight excluding hydrogens is 236 g/mol. The van der Waals surface area contributed by atoms with Crippen LogP contribution in [0.5, 0.6) is 0 Å². The number of aliphatic carboxylic acids is 1. The van der Waals surface area contributed by atoms with Gasteiger partial charge in [-0.15, -0.1) is 0 Å². The number of carbonyl (C=O) groups is 2. The van der Waals surface area contributed by atoms with Crippen LogP contribution < -0.4 is 5.32 Å². The Morgan fingerprint density at radius 2 is 2.11 bits per heavy atom. The lowest BCUT2D eigenvalue weighted by atomic mass is 9.86. The molecule has 0 aliphatic carbocycles. The van der Waals surface area contributed by atoms with Crippen LogP contribution in [-0.4, -0.2) is 37.8 Å². The summed E-state index contributed by atoms with van der Waals surface area (Å²) in [5.74, 6) is -1.34. The molecule has 0 bridgehead atoms. The number of aromatic nitrogens is 3. The second-order valence-electron chi connectivity index (χ2n) is 5.11. The fraction of sp³-hybridized carbons (Fsp3) is 0.636. The van der Waals surface area contributed by atoms with Gasteiger partial charge >= 0.3 is 5.97 Å². The molecule has 1 aromatic heterocycles. The summed E-state index contributed by atoms with van der Waals surface area (Å²) in [5, 5.41) is 15.4. The molecule has 0 saturated carbocycles. The van der Waals surface area contributed by atoms with Crippen LogP contribution in [0.2, 0.25) is 0 Å². The molecule has 0 fully saturated rings. The number of nitrogens with zero attached hydrogens (tertiary/aromatic N) is 3. The third-order valence-corrected chi connectivity index (χ3v) is 2.45. The van der Waals surface area contributed by atoms with Crippen molar-refractivity contribution in [3.63, 3.8) is 0 Å². The van der Waals surface area contributed by atoms with Gasteiger partial charge in [-0.05, 0) is 5.41 Å². The van der Waals surface area contributed by atoms with E-state index in [-0.39, 0.29) is 12.3 Å². The standard InChI is InChI=1S/C11H18N4O3/c1-11(2,3)9(10(17)18)14-8(16)4-5-15-7-12-6-13-15/h6-7,9H,4-5H2,1-3H3,(H,14,16)(H,17,18)/t9-/m0/s1. The monoisotopic (exact) mass is 254 g/mol. The summed E-state index contributed by atoms with van der Waals surface area (Å²) in [4.78, 5) is 26.5. The zero-order chi connectivity index (χ0) is 13.8. The van der Waals surface area contributed by atoms with E-state index in [4.69, 9.17) is 5.11 Å². The molecule has 7 heteroatoms. The molecule has 1 amide bonds. The molecule has 0 unspecified atom stereocenters. The minimum Gasteiger partial charge on any atom is -0.480 e. The Bertz CT molecular complexity index is 408. The summed E-state index contributed by atoms with van der Waals surface area (Å²) >= 11 is 0. The van der Waals surface area contributed by atoms with E-state index in [1.165, 1.54) is 17.3 Å². The van der Waals surface area contributed by atoms with Gasteiger partial charge in [0.25, 0.3) is 0 Å². The lowest BCUT2D eigenvalue weighted by molar-refractivity contribution is -0.145. The van der Waals surface area contributed by atoms with Crippen molar-refractivity contribution in [2.75, 3.05) is 0 Å². The van der Waals surface area contributed by atoms with Crippen molar-refractivity contribution in [2.24, 2.45) is 5.41 Å². The van der Waals surface area contributed by atoms with Gasteiger partial charge < -0.3 is 10.4 Å². The summed E-state index contributed by atoms with van der Waals surface area (Å²) < 4.78 is 1.52. The van der Waals surface area contributed by atoms with Crippen LogP contribution in [0.4, 0.5) is 0 Å². The number of carboxylic acids is 1. The second kappa shape index (κ2) is 5.61. The Hall–Kier alpha value is -1.92. The highest BCUT2D eigenvalue weighted by atomic mass is 16.4. The first-order chi connectivity index (χ1) is 8.30. The Kier molecular flexibility index (Phi) is 4.41. The average Bonchev–Trinajstić information content (AvgIpc) is 2.73. The van der Waals surface area contributed by atoms with Crippen LogP contribution in [0.15, 0.2) is 12.7 Å². The molecule has 100 valence electrons. The van der Waals surface area contributed by atoms with E-state index >= 15 is 0 Å². The number of hydrogen-bond acceptors (Lipinski definition) is 4. The van der Waals surface area contributed by atoms with Crippen molar-refractivity contribution in [2.45, 2.75) is 39.8 Å². The maximum absolute atomic E-state index is 11.7. The first-order valence-electron chi connectivity index (χ1n) is 5.65. The Balaban J connectivity index is 2.49. The summed E-state index contributed by atoms with van der Waals surface area (Å²) in [7, 11) is 0. The molecule has 0 saturated heterocycles. The third-order valence-electron chi connectivity index (χ3n) is 2.45. The van der Waals surface area contributed by atoms with Gasteiger partial charge in [-0.2, -0.15) is 5.10 Å². The van der Waals surface area contributed by atoms with Gasteiger partial charge in [0.15, 0.2) is 0 Å². The molecule has 1 heterocycles. The second-order valence-corrected chi connectivity index (χ2v) is 5.11. The molecule has 1 aromatic rings. The molecule has 1 rings (SSSR count). The molecule has 0 spiro atoms. The SMILES string of the molecule is CC(C)(C)[C@@H](NC(=O)CCn1cncn1)C(=O)O. The predicted octanol–water partition coefficient (Wildman–Crippen LogP) is 0.284. The highest BCUT2D eigenvalue weighted by Gasteiger charge is 2.32. The van der Waals surface area contributed by atoms with Crippen LogP contribution >= 0.6 is 0 Å². The normalized spacial score (nSPS) is 13.1. The van der Waals surface area contributed by atoms with Crippen LogP contribution in [0, 0.1) is 5.41 Å². The third kappa shape index (κ3) is 4.15. The molecule has 0 radical (unpaired) electrons. The Labute approximate surface area is 105 Å². The van der Waals surface area contributed by atoms with Gasteiger partial charge in [-0.25, -0.2) is 9.78 Å². The van der Waals surface area contributed by atoms with Crippen molar-refractivity contribution in [1.29, 1.82) is 0 Å². The summed E-state index contributed by atoms with van der Waals surface area (Å²) in [5.41, 5.74) is -0.533. The lowest BCUT2D eigenvalue weighted by Crippen LogP contribution is -2.49. The fourth-order valence-electron chi connectivity index (χ4n) is 1.45. The van der Waals surface area contributed by atoms with E-state index in [1.54, 1.807) is 20.8 Å². The number of aryl methyl sites for hydroxylation is 1. The molecule has 18 heavy (non-hydrogen) atoms. The van der Waals surface area contributed by atoms with E-state index in [2.05, 4.69) is 15.4 Å². The quantitative estimate of drug-likeness (QED) is 0.786. The van der Waals surface area contributed by atoms with Gasteiger partial charge in [0, 0.05) is 6.42 Å². The van der Waals surface area contributed by atoms with Gasteiger partial charge in [0.1, 0.15) is 18.7 Å². The number of amides is 1. The van der Waals surface area contributed by atoms with Crippen LogP contribution in [0.3, 0.4) is 0 Å². The zero-order valence-corrected chi connectivity index (χ0v) is 10.8. The average molecular weight is 254 g/mol. The Morgan fingerprint density at radius 1 is 1.44 bits per heavy atom. The molecule has 0 aliphatic heterocycles. The Morgan fingerprint density at radius 3 is 2.56 bits per heavy atom. The highest BCUT2D eigenvalue weighted by Crippen LogP contribution is 2.19. The van der Waals surface area contributed by atoms with Crippen molar-refractivity contribution in [1.82, 2.24) is 20.1 Å². The fourth-order valence-corrected chi connectivity index (χ4v) is 1.45. The first-order valence-corrected chi connectivity index (χ1v) is 5.65. The summed E-state index contributed by atoms with van der Waals surface area (Å²) in [6.07, 6.45) is 3.06. The van der Waals surface area contributed by atoms with Crippen molar-refractivity contribution in [3.05, 3.63) is 12.7 Å². The smallest absolute Gasteiger partial charge is 0.326 e. The largest absolute Gasteiger partial charge is 0.480 e. The van der Waals surface area contributed by atoms with E-state index in [0.717, 1.165) is 0 Å². The van der Waals surface area contributed by atoms with Crippen LogP contribution in [-0.2, 0) is 16.1 Å². The predicted molar refractivity (Wildman–Crippen MR) is 63.7 cm³/mol. The number of carboxylic acid groups (broad SMARTS) is 1. The van der Waals surface area contributed by atoms with Gasteiger partial charge in [0.2, 0.25) is 5.91 Å². The highest BCUT2D eigenvalue weighted by molar-refractivity contribution is 5.84. The molecule has 2 N–H and O–H groups in total. The van der Waals surface area contributed by atoms with Crippen molar-refractivity contribution >= 4 is 11.9 Å². The van der Waals surface area contributed by atoms with Crippen LogP contribution in [0.1, 0.15) is 27.2 Å². The molecular formula is C11H18N4O3. The van der Waals surface area contributed by atoms with Crippen LogP contribution in [0.25, 0.3) is 0 Å². The van der Waals surface area contributed by atoms with E-state index in [0.29, 0.717) is 6.54 Å². The topological polar surface area (TPSA) is 97.1 Å². The number of carbonyl (C=O) groups excluding carboxylic acids is 1. The van der Waals surface area contributed by atoms with E-state index < -0.39 is 17.4 Å². The van der Waals surface area contributed by atoms with E-state index in [1.807, 2.05) is 0 Å². The van der Waals surface area contributed by atoms with Gasteiger partial charge in [-0.3, -0.25) is 9.48 Å². The lowest BCUT2D eigenvalue weighted by Gasteiger charge is -2.27. The molecule has 0 aromatic carbocycles. The summed E-state index contributed by atoms with van der Waals surface area (Å²) in [6, 6.07) is -0.902. The first kappa shape index (κ1) is 14.1. The maximum atomic E-state index is 11.7. The zero-order valence-electron chi connectivity index (χ0n) is 10.8. The molecule has 1 atom stereocenters. The number of nitrogens with one attached hydrogen (secondary N) is 1. The number of hydrogen-bond donors (Lipinski definition) is 2.